The van der Waals surface area contributed by atoms with E-state index in [0.29, 0.717) is 18.1 Å². The maximum Gasteiger partial charge on any atom is 0.268 e. The van der Waals surface area contributed by atoms with Crippen LogP contribution in [0.5, 0.6) is 5.75 Å². The first-order valence-corrected chi connectivity index (χ1v) is 15.6. The third kappa shape index (κ3) is 7.45. The normalized spacial score (nSPS) is 14.4. The Kier molecular flexibility index (Phi) is 9.39. The van der Waals surface area contributed by atoms with E-state index in [0.717, 1.165) is 16.9 Å². The lowest BCUT2D eigenvalue weighted by Gasteiger charge is -2.37. The third-order valence-corrected chi connectivity index (χ3v) is 7.74. The van der Waals surface area contributed by atoms with E-state index in [1.165, 1.54) is 0 Å². The number of primary amides is 1. The van der Waals surface area contributed by atoms with Gasteiger partial charge in [0.1, 0.15) is 18.1 Å². The molecule has 2 N–H and O–H groups in total. The number of carbonyl (C=O) groups is 1. The number of nitrogens with zero attached hydrogens (tertiary/aromatic N) is 2. The summed E-state index contributed by atoms with van der Waals surface area (Å²) in [6, 6.07) is 15.8. The summed E-state index contributed by atoms with van der Waals surface area (Å²) in [6.45, 7) is 13.7. The molecule has 1 heterocycles. The van der Waals surface area contributed by atoms with Gasteiger partial charge < -0.3 is 19.5 Å². The Balaban J connectivity index is 1.99. The van der Waals surface area contributed by atoms with E-state index < -0.39 is 14.9 Å². The molecule has 0 aliphatic carbocycles. The minimum atomic E-state index is -1.44. The highest BCUT2D eigenvalue weighted by molar-refractivity contribution is 6.48. The van der Waals surface area contributed by atoms with Crippen LogP contribution in [-0.2, 0) is 11.0 Å². The fourth-order valence-corrected chi connectivity index (χ4v) is 5.32. The lowest BCUT2D eigenvalue weighted by atomic mass is 9.75. The minimum Gasteiger partial charge on any atom is -0.488 e. The van der Waals surface area contributed by atoms with Crippen LogP contribution < -0.4 is 10.5 Å². The van der Waals surface area contributed by atoms with Gasteiger partial charge in [-0.05, 0) is 48.5 Å². The number of hydrogen-bond acceptors (Lipinski definition) is 4. The molecule has 1 amide bonds. The van der Waals surface area contributed by atoms with Gasteiger partial charge in [-0.15, -0.1) is 0 Å². The van der Waals surface area contributed by atoms with E-state index in [9.17, 15) is 4.79 Å². The first-order chi connectivity index (χ1) is 17.0. The number of rotatable bonds is 11. The average molecular weight is 528 g/mol. The molecule has 0 radical (unpaired) electrons. The highest BCUT2D eigenvalue weighted by Gasteiger charge is 2.33. The van der Waals surface area contributed by atoms with Crippen molar-refractivity contribution >= 4 is 26.5 Å². The van der Waals surface area contributed by atoms with Gasteiger partial charge in [-0.3, -0.25) is 4.79 Å². The summed E-state index contributed by atoms with van der Waals surface area (Å²) in [6.07, 6.45) is 3.91. The highest BCUT2D eigenvalue weighted by atomic mass is 35.5. The van der Waals surface area contributed by atoms with Gasteiger partial charge in [-0.2, -0.15) is 0 Å². The molecule has 1 unspecified atom stereocenters. The van der Waals surface area contributed by atoms with Crippen LogP contribution in [0.2, 0.25) is 18.1 Å². The molecule has 3 aromatic rings. The van der Waals surface area contributed by atoms with Crippen molar-refractivity contribution in [3.05, 3.63) is 82.9 Å². The van der Waals surface area contributed by atoms with E-state index in [2.05, 4.69) is 45.8 Å². The Bertz CT molecular complexity index is 1140. The highest BCUT2D eigenvalue weighted by Crippen LogP contribution is 2.43. The predicted octanol–water partition coefficient (Wildman–Crippen LogP) is 6.57. The molecule has 3 rings (SSSR count). The molecule has 6 nitrogen and oxygen atoms in total. The number of ether oxygens (including phenoxy) is 1. The molecule has 1 aromatic heterocycles. The van der Waals surface area contributed by atoms with Crippen molar-refractivity contribution in [2.24, 2.45) is 17.1 Å². The Morgan fingerprint density at radius 3 is 2.44 bits per heavy atom. The summed E-state index contributed by atoms with van der Waals surface area (Å²) >= 11 is 6.39. The second-order valence-electron chi connectivity index (χ2n) is 10.7. The van der Waals surface area contributed by atoms with Gasteiger partial charge in [0.25, 0.3) is 5.91 Å². The summed E-state index contributed by atoms with van der Waals surface area (Å²) in [5.74, 6) is 0.428. The van der Waals surface area contributed by atoms with Crippen LogP contribution in [0.25, 0.3) is 0 Å². The van der Waals surface area contributed by atoms with Crippen LogP contribution >= 0.6 is 11.6 Å². The van der Waals surface area contributed by atoms with Gasteiger partial charge in [0.05, 0.1) is 12.4 Å². The summed E-state index contributed by atoms with van der Waals surface area (Å²) in [7, 11) is -1.44. The number of nitrogens with two attached hydrogens (primary N) is 1. The first-order valence-electron chi connectivity index (χ1n) is 12.4. The van der Waals surface area contributed by atoms with Crippen molar-refractivity contribution in [3.63, 3.8) is 0 Å². The molecule has 36 heavy (non-hydrogen) atoms. The van der Waals surface area contributed by atoms with Crippen molar-refractivity contribution in [2.75, 3.05) is 0 Å². The van der Waals surface area contributed by atoms with E-state index in [1.807, 2.05) is 53.1 Å². The zero-order valence-corrected chi connectivity index (χ0v) is 24.0. The first kappa shape index (κ1) is 28.0. The summed E-state index contributed by atoms with van der Waals surface area (Å²) in [5, 5.41) is 0.614. The molecule has 0 saturated heterocycles. The lowest BCUT2D eigenvalue weighted by molar-refractivity contribution is 0.0995. The molecule has 8 heteroatoms. The zero-order chi connectivity index (χ0) is 26.5. The smallest absolute Gasteiger partial charge is 0.268 e. The number of hydrogen-bond donors (Lipinski definition) is 1. The molecular weight excluding hydrogens is 490 g/mol. The van der Waals surface area contributed by atoms with Crippen LogP contribution in [0.15, 0.2) is 61.1 Å². The second kappa shape index (κ2) is 12.1. The average Bonchev–Trinajstić information content (AvgIpc) is 3.30. The number of amides is 1. The minimum absolute atomic E-state index is 0.00820. The standard InChI is InChI=1S/C28H38ClN3O3Si/c1-19(28(2,3)4)24(32-16-23(27(30)33)31-18-32)15-26(35-36(5)6)22-13-12-21(29)14-25(22)34-17-20-10-8-7-9-11-20/h7-14,16,18-19,24,26,36H,15,17H2,1-6H3,(H2,30,33)/t19-,24-,26?/m1/s1. The molecule has 0 aliphatic heterocycles. The molecule has 0 bridgehead atoms. The van der Waals surface area contributed by atoms with Crippen LogP contribution in [0.3, 0.4) is 0 Å². The molecule has 0 spiro atoms. The molecular formula is C28H38ClN3O3Si. The maximum atomic E-state index is 11.8. The molecule has 3 atom stereocenters. The van der Waals surface area contributed by atoms with Gasteiger partial charge in [-0.25, -0.2) is 4.98 Å². The Morgan fingerprint density at radius 1 is 1.17 bits per heavy atom. The van der Waals surface area contributed by atoms with Crippen LogP contribution in [0.1, 0.15) is 67.9 Å². The Hall–Kier alpha value is -2.61. The summed E-state index contributed by atoms with van der Waals surface area (Å²) < 4.78 is 14.9. The maximum absolute atomic E-state index is 11.8. The summed E-state index contributed by atoms with van der Waals surface area (Å²) in [5.41, 5.74) is 7.82. The lowest BCUT2D eigenvalue weighted by Crippen LogP contribution is -2.30. The topological polar surface area (TPSA) is 79.4 Å². The summed E-state index contributed by atoms with van der Waals surface area (Å²) in [4.78, 5) is 16.0. The van der Waals surface area contributed by atoms with Crippen LogP contribution in [0, 0.1) is 11.3 Å². The molecule has 0 aliphatic rings. The Morgan fingerprint density at radius 2 is 1.86 bits per heavy atom. The number of imidazole rings is 1. The monoisotopic (exact) mass is 527 g/mol. The fourth-order valence-electron chi connectivity index (χ4n) is 4.24. The van der Waals surface area contributed by atoms with Gasteiger partial charge in [0.15, 0.2) is 9.04 Å². The van der Waals surface area contributed by atoms with E-state index in [1.54, 1.807) is 12.5 Å². The quantitative estimate of drug-likeness (QED) is 0.286. The molecule has 2 aromatic carbocycles. The van der Waals surface area contributed by atoms with Crippen molar-refractivity contribution in [1.82, 2.24) is 9.55 Å². The zero-order valence-electron chi connectivity index (χ0n) is 22.1. The fraction of sp³-hybridized carbons (Fsp3) is 0.429. The second-order valence-corrected chi connectivity index (χ2v) is 13.5. The van der Waals surface area contributed by atoms with E-state index in [4.69, 9.17) is 26.5 Å². The Labute approximate surface area is 221 Å². The van der Waals surface area contributed by atoms with Gasteiger partial charge in [0.2, 0.25) is 0 Å². The van der Waals surface area contributed by atoms with Crippen molar-refractivity contribution in [3.8, 4) is 5.75 Å². The number of carbonyl (C=O) groups excluding carboxylic acids is 1. The molecule has 0 saturated carbocycles. The number of halogens is 1. The molecule has 0 fully saturated rings. The van der Waals surface area contributed by atoms with Gasteiger partial charge >= 0.3 is 0 Å². The number of aromatic nitrogens is 2. The largest absolute Gasteiger partial charge is 0.488 e. The molecule has 194 valence electrons. The van der Waals surface area contributed by atoms with Crippen molar-refractivity contribution in [2.45, 2.75) is 66.0 Å². The van der Waals surface area contributed by atoms with Crippen LogP contribution in [0.4, 0.5) is 0 Å². The number of benzene rings is 2. The third-order valence-electron chi connectivity index (χ3n) is 6.63. The van der Waals surface area contributed by atoms with Gasteiger partial charge in [0, 0.05) is 22.8 Å². The van der Waals surface area contributed by atoms with E-state index in [-0.39, 0.29) is 29.2 Å². The van der Waals surface area contributed by atoms with Gasteiger partial charge in [-0.1, -0.05) is 75.7 Å². The van der Waals surface area contributed by atoms with Crippen molar-refractivity contribution < 1.29 is 14.0 Å². The van der Waals surface area contributed by atoms with Crippen LogP contribution in [-0.4, -0.2) is 24.5 Å². The predicted molar refractivity (Wildman–Crippen MR) is 148 cm³/mol. The van der Waals surface area contributed by atoms with E-state index >= 15 is 0 Å². The van der Waals surface area contributed by atoms with Crippen molar-refractivity contribution in [1.29, 1.82) is 0 Å². The SMILES string of the molecule is C[C@H]([C@@H](CC(O[SiH](C)C)c1ccc(Cl)cc1OCc1ccccc1)n1cnc(C(N)=O)c1)C(C)(C)C.